The van der Waals surface area contributed by atoms with Crippen molar-refractivity contribution in [3.05, 3.63) is 30.1 Å². The molecule has 0 radical (unpaired) electrons. The zero-order valence-electron chi connectivity index (χ0n) is 17.3. The van der Waals surface area contributed by atoms with E-state index in [0.29, 0.717) is 25.0 Å². The quantitative estimate of drug-likeness (QED) is 0.748. The molecule has 160 valence electrons. The maximum atomic E-state index is 12.7. The highest BCUT2D eigenvalue weighted by Crippen LogP contribution is 2.29. The smallest absolute Gasteiger partial charge is 0.227 e. The third kappa shape index (κ3) is 4.44. The van der Waals surface area contributed by atoms with E-state index in [2.05, 4.69) is 20.8 Å². The van der Waals surface area contributed by atoms with Crippen LogP contribution in [0, 0.1) is 5.92 Å². The van der Waals surface area contributed by atoms with Crippen LogP contribution >= 0.6 is 0 Å². The predicted molar refractivity (Wildman–Crippen MR) is 110 cm³/mol. The van der Waals surface area contributed by atoms with Crippen LogP contribution in [0.5, 0.6) is 5.75 Å². The van der Waals surface area contributed by atoms with E-state index in [9.17, 15) is 9.59 Å². The molecule has 0 bridgehead atoms. The van der Waals surface area contributed by atoms with Gasteiger partial charge in [0.25, 0.3) is 0 Å². The molecule has 0 unspecified atom stereocenters. The highest BCUT2D eigenvalue weighted by atomic mass is 16.5. The Bertz CT molecular complexity index is 875. The van der Waals surface area contributed by atoms with Gasteiger partial charge in [0.05, 0.1) is 25.1 Å². The van der Waals surface area contributed by atoms with Crippen LogP contribution in [0.15, 0.2) is 24.3 Å². The fraction of sp³-hybridized carbons (Fsp3) is 0.571. The lowest BCUT2D eigenvalue weighted by atomic mass is 9.95. The zero-order chi connectivity index (χ0) is 20.9. The number of hydrogen-bond donors (Lipinski definition) is 1. The lowest BCUT2D eigenvalue weighted by molar-refractivity contribution is -0.126. The van der Waals surface area contributed by atoms with Crippen LogP contribution in [0.2, 0.25) is 0 Å². The average Bonchev–Trinajstić information content (AvgIpc) is 3.40. The van der Waals surface area contributed by atoms with Gasteiger partial charge < -0.3 is 15.0 Å². The Balaban J connectivity index is 1.34. The number of carbonyl (C=O) groups excluding carboxylic acids is 2. The Morgan fingerprint density at radius 1 is 1.20 bits per heavy atom. The minimum atomic E-state index is -0.386. The number of aromatic nitrogens is 4. The van der Waals surface area contributed by atoms with E-state index in [-0.39, 0.29) is 30.7 Å². The molecule has 1 aliphatic heterocycles. The van der Waals surface area contributed by atoms with Crippen molar-refractivity contribution in [2.24, 2.45) is 5.92 Å². The summed E-state index contributed by atoms with van der Waals surface area (Å²) in [7, 11) is 0. The summed E-state index contributed by atoms with van der Waals surface area (Å²) < 4.78 is 7.30. The maximum absolute atomic E-state index is 12.7. The third-order valence-electron chi connectivity index (χ3n) is 5.86. The van der Waals surface area contributed by atoms with E-state index in [1.54, 1.807) is 4.90 Å². The largest absolute Gasteiger partial charge is 0.494 e. The molecule has 1 aromatic heterocycles. The first-order valence-electron chi connectivity index (χ1n) is 10.7. The fourth-order valence-electron chi connectivity index (χ4n) is 4.27. The summed E-state index contributed by atoms with van der Waals surface area (Å²) in [5.74, 6) is 0.852. The van der Waals surface area contributed by atoms with Gasteiger partial charge in [0.15, 0.2) is 5.82 Å². The highest BCUT2D eigenvalue weighted by molar-refractivity contribution is 6.00. The van der Waals surface area contributed by atoms with Crippen molar-refractivity contribution < 1.29 is 14.3 Å². The molecule has 30 heavy (non-hydrogen) atoms. The van der Waals surface area contributed by atoms with Crippen molar-refractivity contribution in [1.29, 1.82) is 0 Å². The van der Waals surface area contributed by atoms with Crippen LogP contribution < -0.4 is 15.0 Å². The topological polar surface area (TPSA) is 102 Å². The minimum Gasteiger partial charge on any atom is -0.494 e. The van der Waals surface area contributed by atoms with E-state index in [0.717, 1.165) is 24.3 Å². The summed E-state index contributed by atoms with van der Waals surface area (Å²) in [5.41, 5.74) is 0.778. The number of nitrogens with zero attached hydrogens (tertiary/aromatic N) is 5. The van der Waals surface area contributed by atoms with Crippen LogP contribution in [0.3, 0.4) is 0 Å². The molecule has 1 aromatic carbocycles. The van der Waals surface area contributed by atoms with Gasteiger partial charge in [-0.3, -0.25) is 9.59 Å². The Morgan fingerprint density at radius 3 is 2.70 bits per heavy atom. The van der Waals surface area contributed by atoms with Gasteiger partial charge in [0, 0.05) is 18.7 Å². The fourth-order valence-corrected chi connectivity index (χ4v) is 4.27. The van der Waals surface area contributed by atoms with Crippen LogP contribution in [0.1, 0.15) is 57.3 Å². The first kappa shape index (κ1) is 20.3. The minimum absolute atomic E-state index is 0.0497. The normalized spacial score (nSPS) is 19.8. The van der Waals surface area contributed by atoms with Crippen LogP contribution in [-0.2, 0) is 16.1 Å². The third-order valence-corrected chi connectivity index (χ3v) is 5.86. The molecule has 1 aliphatic carbocycles. The zero-order valence-corrected chi connectivity index (χ0v) is 17.3. The van der Waals surface area contributed by atoms with E-state index in [1.807, 2.05) is 35.9 Å². The Morgan fingerprint density at radius 2 is 1.97 bits per heavy atom. The molecule has 1 atom stereocenters. The highest BCUT2D eigenvalue weighted by Gasteiger charge is 2.35. The van der Waals surface area contributed by atoms with E-state index < -0.39 is 0 Å². The number of nitrogens with one attached hydrogen (secondary N) is 1. The molecule has 0 spiro atoms. The molecule has 2 fully saturated rings. The lowest BCUT2D eigenvalue weighted by Gasteiger charge is -2.22. The molecular weight excluding hydrogens is 384 g/mol. The van der Waals surface area contributed by atoms with Crippen LogP contribution in [0.4, 0.5) is 5.69 Å². The maximum Gasteiger partial charge on any atom is 0.227 e. The second kappa shape index (κ2) is 9.23. The molecule has 9 heteroatoms. The molecule has 1 saturated carbocycles. The van der Waals surface area contributed by atoms with Gasteiger partial charge >= 0.3 is 0 Å². The van der Waals surface area contributed by atoms with Gasteiger partial charge in [-0.25, -0.2) is 4.68 Å². The van der Waals surface area contributed by atoms with Gasteiger partial charge in [0.1, 0.15) is 5.75 Å². The van der Waals surface area contributed by atoms with Crippen molar-refractivity contribution in [3.8, 4) is 5.75 Å². The van der Waals surface area contributed by atoms with Gasteiger partial charge in [-0.2, -0.15) is 0 Å². The molecule has 4 rings (SSSR count). The number of hydrogen-bond acceptors (Lipinski definition) is 6. The van der Waals surface area contributed by atoms with Crippen LogP contribution in [-0.4, -0.2) is 45.2 Å². The summed E-state index contributed by atoms with van der Waals surface area (Å²) >= 11 is 0. The monoisotopic (exact) mass is 412 g/mol. The van der Waals surface area contributed by atoms with Crippen molar-refractivity contribution in [2.75, 3.05) is 18.1 Å². The predicted octanol–water partition coefficient (Wildman–Crippen LogP) is 2.25. The second-order valence-electron chi connectivity index (χ2n) is 7.88. The molecule has 2 aromatic rings. The van der Waals surface area contributed by atoms with E-state index >= 15 is 0 Å². The standard InChI is InChI=1S/C21H28N6O3/c1-2-30-18-10-8-16(9-11-18)26-14-15(12-20(26)28)21(29)22-13-19-23-24-25-27(19)17-6-4-3-5-7-17/h8-11,15,17H,2-7,12-14H2,1H3,(H,22,29)/t15-/m1/s1. The molecule has 2 amide bonds. The van der Waals surface area contributed by atoms with E-state index in [4.69, 9.17) is 4.74 Å². The van der Waals surface area contributed by atoms with Crippen molar-refractivity contribution in [3.63, 3.8) is 0 Å². The van der Waals surface area contributed by atoms with Gasteiger partial charge in [-0.15, -0.1) is 5.10 Å². The van der Waals surface area contributed by atoms with Crippen molar-refractivity contribution >= 4 is 17.5 Å². The van der Waals surface area contributed by atoms with Gasteiger partial charge in [-0.05, 0) is 54.5 Å². The van der Waals surface area contributed by atoms with Gasteiger partial charge in [-0.1, -0.05) is 19.3 Å². The van der Waals surface area contributed by atoms with Crippen molar-refractivity contribution in [1.82, 2.24) is 25.5 Å². The summed E-state index contributed by atoms with van der Waals surface area (Å²) in [5, 5.41) is 14.9. The number of tetrazole rings is 1. The first-order chi connectivity index (χ1) is 14.7. The van der Waals surface area contributed by atoms with Crippen LogP contribution in [0.25, 0.3) is 0 Å². The Kier molecular flexibility index (Phi) is 6.25. The molecule has 2 aliphatic rings. The molecule has 1 saturated heterocycles. The Hall–Kier alpha value is -2.97. The van der Waals surface area contributed by atoms with E-state index in [1.165, 1.54) is 19.3 Å². The number of carbonyl (C=O) groups is 2. The number of rotatable bonds is 7. The van der Waals surface area contributed by atoms with Crippen molar-refractivity contribution in [2.45, 2.75) is 58.0 Å². The lowest BCUT2D eigenvalue weighted by Crippen LogP contribution is -2.33. The summed E-state index contributed by atoms with van der Waals surface area (Å²) in [4.78, 5) is 26.8. The number of amides is 2. The molecule has 2 heterocycles. The average molecular weight is 412 g/mol. The first-order valence-corrected chi connectivity index (χ1v) is 10.7. The molecular formula is C21H28N6O3. The van der Waals surface area contributed by atoms with Gasteiger partial charge in [0.2, 0.25) is 11.8 Å². The SMILES string of the molecule is CCOc1ccc(N2C[C@H](C(=O)NCc3nnnn3C3CCCCC3)CC2=O)cc1. The molecule has 1 N–H and O–H groups in total. The summed E-state index contributed by atoms with van der Waals surface area (Å²) in [6.07, 6.45) is 5.96. The summed E-state index contributed by atoms with van der Waals surface area (Å²) in [6.45, 7) is 3.16. The number of ether oxygens (including phenoxy) is 1. The number of anilines is 1. The second-order valence-corrected chi connectivity index (χ2v) is 7.88. The number of benzene rings is 1. The Labute approximate surface area is 175 Å². The molecule has 9 nitrogen and oxygen atoms in total. The summed E-state index contributed by atoms with van der Waals surface area (Å²) in [6, 6.07) is 7.68.